The van der Waals surface area contributed by atoms with Crippen LogP contribution in [0, 0.1) is 19.9 Å². The van der Waals surface area contributed by atoms with E-state index in [1.54, 1.807) is 42.7 Å². The zero-order valence-corrected chi connectivity index (χ0v) is 27.5. The summed E-state index contributed by atoms with van der Waals surface area (Å²) in [5.41, 5.74) is 3.56. The van der Waals surface area contributed by atoms with Crippen molar-refractivity contribution >= 4 is 68.6 Å². The summed E-state index contributed by atoms with van der Waals surface area (Å²) >= 11 is 5.65. The average Bonchev–Trinajstić information content (AvgIpc) is 3.23. The number of carbonyl (C=O) groups excluding carboxylic acids is 1. The summed E-state index contributed by atoms with van der Waals surface area (Å²) in [7, 11) is 0. The number of rotatable bonds is 7. The Bertz CT molecular complexity index is 1860. The van der Waals surface area contributed by atoms with Crippen molar-refractivity contribution in [1.29, 1.82) is 0 Å². The second kappa shape index (κ2) is 12.6. The number of fused-ring (bicyclic) bond motifs is 1. The van der Waals surface area contributed by atoms with Crippen LogP contribution in [0.4, 0.5) is 4.39 Å². The molecule has 0 fully saturated rings. The van der Waals surface area contributed by atoms with Gasteiger partial charge in [0, 0.05) is 14.7 Å². The zero-order valence-electron chi connectivity index (χ0n) is 22.4. The SMILES string of the molecule is CCOC(=O)C1=C(C)N=c2s/c(=C\c3cc(I)cc(I)c3OCc3ccccc3F)c(=O)n2[C@H]1c1ccc(C)cc1. The van der Waals surface area contributed by atoms with Crippen LogP contribution in [0.2, 0.25) is 0 Å². The lowest BCUT2D eigenvalue weighted by Crippen LogP contribution is -2.39. The molecule has 0 bridgehead atoms. The van der Waals surface area contributed by atoms with Crippen molar-refractivity contribution in [3.05, 3.63) is 127 Å². The molecule has 0 saturated heterocycles. The topological polar surface area (TPSA) is 69.9 Å². The number of halogens is 3. The van der Waals surface area contributed by atoms with Gasteiger partial charge in [-0.3, -0.25) is 9.36 Å². The van der Waals surface area contributed by atoms with Crippen molar-refractivity contribution in [3.63, 3.8) is 0 Å². The summed E-state index contributed by atoms with van der Waals surface area (Å²) in [4.78, 5) is 32.3. The number of benzene rings is 3. The Balaban J connectivity index is 1.65. The fourth-order valence-corrected chi connectivity index (χ4v) is 7.68. The fraction of sp³-hybridized carbons (Fsp3) is 0.194. The van der Waals surface area contributed by atoms with Gasteiger partial charge in [0.2, 0.25) is 0 Å². The summed E-state index contributed by atoms with van der Waals surface area (Å²) in [5, 5.41) is 0. The van der Waals surface area contributed by atoms with Gasteiger partial charge in [-0.2, -0.15) is 0 Å². The molecule has 0 aliphatic carbocycles. The number of nitrogens with zero attached hydrogens (tertiary/aromatic N) is 2. The number of aromatic nitrogens is 1. The third kappa shape index (κ3) is 6.19. The standard InChI is InChI=1S/C31H25FI2N2O4S/c1-4-39-30(38)26-18(3)35-31-36(27(26)19-11-9-17(2)10-12-19)29(37)25(41-31)14-21-13-22(33)15-24(34)28(21)40-16-20-7-5-6-8-23(20)32/h5-15,27H,4,16H2,1-3H3/b25-14-/t27-/m0/s1. The Hall–Kier alpha value is -2.84. The van der Waals surface area contributed by atoms with E-state index in [2.05, 4.69) is 50.2 Å². The molecule has 1 aliphatic rings. The molecule has 3 aromatic carbocycles. The van der Waals surface area contributed by atoms with Crippen molar-refractivity contribution in [2.24, 2.45) is 4.99 Å². The molecule has 0 radical (unpaired) electrons. The average molecular weight is 794 g/mol. The molecule has 210 valence electrons. The highest BCUT2D eigenvalue weighted by Crippen LogP contribution is 2.32. The highest BCUT2D eigenvalue weighted by molar-refractivity contribution is 14.1. The van der Waals surface area contributed by atoms with E-state index in [9.17, 15) is 14.0 Å². The largest absolute Gasteiger partial charge is 0.487 e. The van der Waals surface area contributed by atoms with Crippen LogP contribution in [0.1, 0.15) is 42.1 Å². The predicted octanol–water partition coefficient (Wildman–Crippen LogP) is 6.03. The lowest BCUT2D eigenvalue weighted by atomic mass is 9.95. The molecule has 0 spiro atoms. The van der Waals surface area contributed by atoms with Crippen LogP contribution in [-0.4, -0.2) is 17.1 Å². The maximum Gasteiger partial charge on any atom is 0.338 e. The van der Waals surface area contributed by atoms with Crippen LogP contribution in [0.25, 0.3) is 6.08 Å². The van der Waals surface area contributed by atoms with Gasteiger partial charge in [0.25, 0.3) is 5.56 Å². The first-order chi connectivity index (χ1) is 19.7. The second-order valence-electron chi connectivity index (χ2n) is 9.40. The third-order valence-electron chi connectivity index (χ3n) is 6.56. The summed E-state index contributed by atoms with van der Waals surface area (Å²) in [6, 6.07) is 17.4. The molecule has 5 rings (SSSR count). The number of hydrogen-bond acceptors (Lipinski definition) is 6. The van der Waals surface area contributed by atoms with Gasteiger partial charge >= 0.3 is 5.97 Å². The molecule has 0 N–H and O–H groups in total. The summed E-state index contributed by atoms with van der Waals surface area (Å²) in [5.74, 6) is -0.282. The zero-order chi connectivity index (χ0) is 29.3. The van der Waals surface area contributed by atoms with Crippen LogP contribution in [0.3, 0.4) is 0 Å². The second-order valence-corrected chi connectivity index (χ2v) is 12.8. The van der Waals surface area contributed by atoms with Gasteiger partial charge in [0.15, 0.2) is 4.80 Å². The highest BCUT2D eigenvalue weighted by atomic mass is 127. The van der Waals surface area contributed by atoms with Crippen molar-refractivity contribution < 1.29 is 18.7 Å². The summed E-state index contributed by atoms with van der Waals surface area (Å²) in [6.45, 7) is 5.75. The number of allylic oxidation sites excluding steroid dienone is 1. The van der Waals surface area contributed by atoms with Crippen molar-refractivity contribution in [1.82, 2.24) is 4.57 Å². The van der Waals surface area contributed by atoms with E-state index in [-0.39, 0.29) is 24.6 Å². The normalized spacial score (nSPS) is 15.0. The highest BCUT2D eigenvalue weighted by Gasteiger charge is 2.33. The van der Waals surface area contributed by atoms with Crippen molar-refractivity contribution in [3.8, 4) is 5.75 Å². The number of thiazole rings is 1. The molecule has 1 aliphatic heterocycles. The monoisotopic (exact) mass is 794 g/mol. The van der Waals surface area contributed by atoms with E-state index in [1.807, 2.05) is 43.3 Å². The molecule has 41 heavy (non-hydrogen) atoms. The summed E-state index contributed by atoms with van der Waals surface area (Å²) < 4.78 is 29.6. The Labute approximate surface area is 267 Å². The molecule has 0 amide bonds. The van der Waals surface area contributed by atoms with Gasteiger partial charge < -0.3 is 9.47 Å². The molecule has 4 aromatic rings. The minimum absolute atomic E-state index is 0.0425. The minimum Gasteiger partial charge on any atom is -0.487 e. The van der Waals surface area contributed by atoms with Gasteiger partial charge in [-0.05, 0) is 95.8 Å². The first kappa shape index (κ1) is 29.6. The van der Waals surface area contributed by atoms with Gasteiger partial charge in [-0.15, -0.1) is 0 Å². The predicted molar refractivity (Wildman–Crippen MR) is 174 cm³/mol. The van der Waals surface area contributed by atoms with Gasteiger partial charge in [-0.25, -0.2) is 14.2 Å². The Kier molecular flexibility index (Phi) is 9.09. The third-order valence-corrected chi connectivity index (χ3v) is 8.97. The molecule has 6 nitrogen and oxygen atoms in total. The van der Waals surface area contributed by atoms with Crippen LogP contribution < -0.4 is 19.6 Å². The first-order valence-electron chi connectivity index (χ1n) is 12.8. The van der Waals surface area contributed by atoms with E-state index < -0.39 is 12.0 Å². The minimum atomic E-state index is -0.680. The smallest absolute Gasteiger partial charge is 0.338 e. The molecule has 10 heteroatoms. The number of aryl methyl sites for hydroxylation is 1. The van der Waals surface area contributed by atoms with Crippen LogP contribution in [0.15, 0.2) is 81.7 Å². The van der Waals surface area contributed by atoms with Crippen molar-refractivity contribution in [2.75, 3.05) is 6.61 Å². The fourth-order valence-electron chi connectivity index (χ4n) is 4.60. The molecule has 0 unspecified atom stereocenters. The van der Waals surface area contributed by atoms with Gasteiger partial charge in [0.05, 0.1) is 32.0 Å². The molecular formula is C31H25FI2N2O4S. The number of carbonyl (C=O) groups is 1. The number of esters is 1. The van der Waals surface area contributed by atoms with Crippen LogP contribution >= 0.6 is 56.5 Å². The van der Waals surface area contributed by atoms with Crippen LogP contribution in [-0.2, 0) is 16.1 Å². The van der Waals surface area contributed by atoms with E-state index in [4.69, 9.17) is 9.47 Å². The number of ether oxygens (including phenoxy) is 2. The molecule has 1 atom stereocenters. The lowest BCUT2D eigenvalue weighted by molar-refractivity contribution is -0.139. The van der Waals surface area contributed by atoms with Crippen LogP contribution in [0.5, 0.6) is 5.75 Å². The van der Waals surface area contributed by atoms with E-state index in [0.29, 0.717) is 37.5 Å². The van der Waals surface area contributed by atoms with Crippen molar-refractivity contribution in [2.45, 2.75) is 33.4 Å². The van der Waals surface area contributed by atoms with Gasteiger partial charge in [-0.1, -0.05) is 59.4 Å². The van der Waals surface area contributed by atoms with Gasteiger partial charge in [0.1, 0.15) is 18.2 Å². The molecule has 2 heterocycles. The van der Waals surface area contributed by atoms with E-state index in [1.165, 1.54) is 17.4 Å². The molecular weight excluding hydrogens is 769 g/mol. The lowest BCUT2D eigenvalue weighted by Gasteiger charge is -2.24. The quantitative estimate of drug-likeness (QED) is 0.169. The van der Waals surface area contributed by atoms with E-state index >= 15 is 0 Å². The first-order valence-corrected chi connectivity index (χ1v) is 15.8. The van der Waals surface area contributed by atoms with E-state index in [0.717, 1.165) is 18.3 Å². The Morgan fingerprint density at radius 1 is 1.12 bits per heavy atom. The molecule has 1 aromatic heterocycles. The maximum atomic E-state index is 14.3. The molecule has 0 saturated carbocycles. The Morgan fingerprint density at radius 3 is 2.56 bits per heavy atom. The maximum absolute atomic E-state index is 14.3. The Morgan fingerprint density at radius 2 is 1.85 bits per heavy atom. The number of hydrogen-bond donors (Lipinski definition) is 0. The summed E-state index contributed by atoms with van der Waals surface area (Å²) in [6.07, 6.45) is 1.78.